The Labute approximate surface area is 132 Å². The second-order valence-corrected chi connectivity index (χ2v) is 5.10. The van der Waals surface area contributed by atoms with Gasteiger partial charge in [0.25, 0.3) is 0 Å². The molecule has 2 aromatic rings. The predicted octanol–water partition coefficient (Wildman–Crippen LogP) is 4.76. The third-order valence-corrected chi connectivity index (χ3v) is 3.53. The minimum Gasteiger partial charge on any atom is -0.495 e. The maximum atomic E-state index is 13.1. The van der Waals surface area contributed by atoms with Crippen molar-refractivity contribution in [1.29, 1.82) is 0 Å². The monoisotopic (exact) mass is 329 g/mol. The first-order valence-corrected chi connectivity index (χ1v) is 6.90. The minimum absolute atomic E-state index is 0.0925. The van der Waals surface area contributed by atoms with Crippen LogP contribution in [-0.4, -0.2) is 14.2 Å². The van der Waals surface area contributed by atoms with Gasteiger partial charge in [-0.2, -0.15) is 0 Å². The van der Waals surface area contributed by atoms with E-state index in [1.807, 2.05) is 0 Å². The molecule has 112 valence electrons. The van der Waals surface area contributed by atoms with E-state index in [0.29, 0.717) is 23.1 Å². The van der Waals surface area contributed by atoms with E-state index in [1.54, 1.807) is 31.4 Å². The zero-order valence-electron chi connectivity index (χ0n) is 11.5. The van der Waals surface area contributed by atoms with Crippen molar-refractivity contribution in [3.05, 3.63) is 51.8 Å². The Kier molecular flexibility index (Phi) is 5.15. The number of halogens is 3. The van der Waals surface area contributed by atoms with Crippen molar-refractivity contribution < 1.29 is 13.9 Å². The summed E-state index contributed by atoms with van der Waals surface area (Å²) in [7, 11) is 3.09. The van der Waals surface area contributed by atoms with E-state index in [0.717, 1.165) is 11.3 Å². The number of hydrogen-bond acceptors (Lipinski definition) is 3. The van der Waals surface area contributed by atoms with Gasteiger partial charge in [0.2, 0.25) is 0 Å². The van der Waals surface area contributed by atoms with E-state index < -0.39 is 5.82 Å². The van der Waals surface area contributed by atoms with Crippen LogP contribution in [0.5, 0.6) is 11.5 Å². The summed E-state index contributed by atoms with van der Waals surface area (Å²) in [6, 6.07) is 7.98. The smallest absolute Gasteiger partial charge is 0.143 e. The minimum atomic E-state index is -0.439. The third kappa shape index (κ3) is 3.71. The lowest BCUT2D eigenvalue weighted by Crippen LogP contribution is -2.02. The number of benzene rings is 2. The molecule has 0 aliphatic carbocycles. The molecule has 3 nitrogen and oxygen atoms in total. The van der Waals surface area contributed by atoms with Crippen molar-refractivity contribution in [2.45, 2.75) is 6.54 Å². The zero-order valence-corrected chi connectivity index (χ0v) is 13.1. The summed E-state index contributed by atoms with van der Waals surface area (Å²) in [4.78, 5) is 0. The van der Waals surface area contributed by atoms with Crippen LogP contribution in [0, 0.1) is 5.82 Å². The third-order valence-electron chi connectivity index (χ3n) is 2.94. The fourth-order valence-corrected chi connectivity index (χ4v) is 2.28. The summed E-state index contributed by atoms with van der Waals surface area (Å²) in [6.07, 6.45) is 0. The molecule has 0 aromatic heterocycles. The number of hydrogen-bond donors (Lipinski definition) is 1. The molecule has 0 bridgehead atoms. The normalized spacial score (nSPS) is 10.3. The molecule has 1 N–H and O–H groups in total. The molecule has 6 heteroatoms. The molecular formula is C15H14Cl2FNO2. The van der Waals surface area contributed by atoms with Crippen molar-refractivity contribution in [2.75, 3.05) is 19.5 Å². The number of anilines is 1. The summed E-state index contributed by atoms with van der Waals surface area (Å²) < 4.78 is 23.6. The highest BCUT2D eigenvalue weighted by atomic mass is 35.5. The van der Waals surface area contributed by atoms with Crippen molar-refractivity contribution in [2.24, 2.45) is 0 Å². The fourth-order valence-electron chi connectivity index (χ4n) is 1.85. The van der Waals surface area contributed by atoms with E-state index in [1.165, 1.54) is 13.2 Å². The summed E-state index contributed by atoms with van der Waals surface area (Å²) in [5, 5.41) is 3.74. The molecule has 0 aliphatic heterocycles. The highest BCUT2D eigenvalue weighted by Crippen LogP contribution is 2.36. The number of ether oxygens (including phenoxy) is 2. The summed E-state index contributed by atoms with van der Waals surface area (Å²) in [5.41, 5.74) is 1.57. The largest absolute Gasteiger partial charge is 0.495 e. The number of nitrogens with one attached hydrogen (secondary N) is 1. The lowest BCUT2D eigenvalue weighted by molar-refractivity contribution is 0.404. The molecule has 0 aliphatic rings. The van der Waals surface area contributed by atoms with Gasteiger partial charge < -0.3 is 14.8 Å². The van der Waals surface area contributed by atoms with Gasteiger partial charge in [-0.05, 0) is 17.7 Å². The van der Waals surface area contributed by atoms with Crippen LogP contribution in [0.4, 0.5) is 10.1 Å². The molecular weight excluding hydrogens is 316 g/mol. The van der Waals surface area contributed by atoms with Crippen molar-refractivity contribution in [3.8, 4) is 11.5 Å². The van der Waals surface area contributed by atoms with E-state index in [-0.39, 0.29) is 5.02 Å². The molecule has 0 radical (unpaired) electrons. The average Bonchev–Trinajstić information content (AvgIpc) is 2.48. The Balaban J connectivity index is 2.20. The second kappa shape index (κ2) is 6.87. The van der Waals surface area contributed by atoms with Crippen LogP contribution in [0.15, 0.2) is 30.3 Å². The van der Waals surface area contributed by atoms with Gasteiger partial charge in [0.05, 0.1) is 30.0 Å². The Hall–Kier alpha value is -1.65. The van der Waals surface area contributed by atoms with E-state index in [2.05, 4.69) is 5.32 Å². The SMILES string of the molecule is COc1cc(NCc2ccc(F)c(Cl)c2)c(OC)cc1Cl. The van der Waals surface area contributed by atoms with E-state index >= 15 is 0 Å². The maximum Gasteiger partial charge on any atom is 0.143 e. The molecule has 0 unspecified atom stereocenters. The van der Waals surface area contributed by atoms with Crippen LogP contribution in [-0.2, 0) is 6.54 Å². The van der Waals surface area contributed by atoms with Gasteiger partial charge in [0.1, 0.15) is 17.3 Å². The lowest BCUT2D eigenvalue weighted by Gasteiger charge is -2.14. The summed E-state index contributed by atoms with van der Waals surface area (Å²) in [6.45, 7) is 0.459. The predicted molar refractivity (Wildman–Crippen MR) is 83.3 cm³/mol. The number of methoxy groups -OCH3 is 2. The number of rotatable bonds is 5. The van der Waals surface area contributed by atoms with Crippen LogP contribution in [0.2, 0.25) is 10.0 Å². The van der Waals surface area contributed by atoms with Gasteiger partial charge >= 0.3 is 0 Å². The molecule has 0 spiro atoms. The molecule has 2 rings (SSSR count). The first-order valence-electron chi connectivity index (χ1n) is 6.14. The first kappa shape index (κ1) is 15.7. The van der Waals surface area contributed by atoms with Crippen molar-refractivity contribution in [3.63, 3.8) is 0 Å². The van der Waals surface area contributed by atoms with Crippen LogP contribution < -0.4 is 14.8 Å². The molecule has 21 heavy (non-hydrogen) atoms. The lowest BCUT2D eigenvalue weighted by atomic mass is 10.2. The standard InChI is InChI=1S/C15H14Cl2FNO2/c1-20-14-7-13(15(21-2)6-11(14)17)19-8-9-3-4-12(18)10(16)5-9/h3-7,19H,8H2,1-2H3. The molecule has 0 saturated carbocycles. The van der Waals surface area contributed by atoms with E-state index in [4.69, 9.17) is 32.7 Å². The van der Waals surface area contributed by atoms with Gasteiger partial charge in [0.15, 0.2) is 0 Å². The van der Waals surface area contributed by atoms with Crippen molar-refractivity contribution >= 4 is 28.9 Å². The fraction of sp³-hybridized carbons (Fsp3) is 0.200. The van der Waals surface area contributed by atoms with Gasteiger partial charge in [0, 0.05) is 18.7 Å². The Morgan fingerprint density at radius 2 is 1.71 bits per heavy atom. The molecule has 0 saturated heterocycles. The Morgan fingerprint density at radius 3 is 2.33 bits per heavy atom. The maximum absolute atomic E-state index is 13.1. The van der Waals surface area contributed by atoms with Crippen LogP contribution in [0.1, 0.15) is 5.56 Å². The summed E-state index contributed by atoms with van der Waals surface area (Å²) in [5.74, 6) is 0.692. The molecule has 0 atom stereocenters. The highest BCUT2D eigenvalue weighted by molar-refractivity contribution is 6.32. The summed E-state index contributed by atoms with van der Waals surface area (Å²) >= 11 is 11.8. The van der Waals surface area contributed by atoms with E-state index in [9.17, 15) is 4.39 Å². The van der Waals surface area contributed by atoms with Crippen molar-refractivity contribution in [1.82, 2.24) is 0 Å². The topological polar surface area (TPSA) is 30.5 Å². The molecule has 0 heterocycles. The van der Waals surface area contributed by atoms with Crippen LogP contribution in [0.25, 0.3) is 0 Å². The Bertz CT molecular complexity index is 650. The molecule has 0 amide bonds. The quantitative estimate of drug-likeness (QED) is 0.857. The van der Waals surface area contributed by atoms with Crippen LogP contribution >= 0.6 is 23.2 Å². The first-order chi connectivity index (χ1) is 10.0. The molecule has 0 fully saturated rings. The average molecular weight is 330 g/mol. The van der Waals surface area contributed by atoms with Gasteiger partial charge in [-0.1, -0.05) is 29.3 Å². The van der Waals surface area contributed by atoms with Gasteiger partial charge in [-0.25, -0.2) is 4.39 Å². The van der Waals surface area contributed by atoms with Crippen LogP contribution in [0.3, 0.4) is 0 Å². The second-order valence-electron chi connectivity index (χ2n) is 4.29. The highest BCUT2D eigenvalue weighted by Gasteiger charge is 2.10. The Morgan fingerprint density at radius 1 is 1.00 bits per heavy atom. The molecule has 2 aromatic carbocycles. The zero-order chi connectivity index (χ0) is 15.4. The van der Waals surface area contributed by atoms with Gasteiger partial charge in [-0.15, -0.1) is 0 Å². The van der Waals surface area contributed by atoms with Gasteiger partial charge in [-0.3, -0.25) is 0 Å².